The van der Waals surface area contributed by atoms with Crippen molar-refractivity contribution in [3.8, 4) is 0 Å². The van der Waals surface area contributed by atoms with Gasteiger partial charge in [-0.25, -0.2) is 17.7 Å². The van der Waals surface area contributed by atoms with Gasteiger partial charge >= 0.3 is 6.18 Å². The van der Waals surface area contributed by atoms with Crippen LogP contribution in [0.3, 0.4) is 0 Å². The van der Waals surface area contributed by atoms with Crippen LogP contribution in [-0.4, -0.2) is 48.0 Å². The lowest BCUT2D eigenvalue weighted by atomic mass is 9.92. The summed E-state index contributed by atoms with van der Waals surface area (Å²) in [6.45, 7) is 0.162. The standard InChI is InChI=1S/C23H19ClF3N5O2S/c1-31(35(33,34)19-10-6-17(7-11-19)23(25,26)27)22(28)32-14-20(16-3-2-12-29-13-16)21(30-32)15-4-8-18(24)9-5-15/h2-13,20,28H,14H2,1H3. The Labute approximate surface area is 205 Å². The monoisotopic (exact) mass is 521 g/mol. The van der Waals surface area contributed by atoms with Crippen molar-refractivity contribution in [3.05, 3.63) is 94.8 Å². The van der Waals surface area contributed by atoms with Gasteiger partial charge in [0.1, 0.15) is 0 Å². The first kappa shape index (κ1) is 24.7. The zero-order valence-corrected chi connectivity index (χ0v) is 19.8. The number of hydrazone groups is 1. The van der Waals surface area contributed by atoms with Gasteiger partial charge in [0.25, 0.3) is 10.0 Å². The molecule has 182 valence electrons. The van der Waals surface area contributed by atoms with Crippen LogP contribution >= 0.6 is 11.6 Å². The van der Waals surface area contributed by atoms with E-state index in [9.17, 15) is 21.6 Å². The number of hydrogen-bond donors (Lipinski definition) is 1. The molecule has 0 aliphatic carbocycles. The van der Waals surface area contributed by atoms with Crippen LogP contribution in [0.1, 0.15) is 22.6 Å². The van der Waals surface area contributed by atoms with E-state index in [-0.39, 0.29) is 17.4 Å². The minimum absolute atomic E-state index is 0.162. The molecule has 12 heteroatoms. The van der Waals surface area contributed by atoms with Gasteiger partial charge in [-0.2, -0.15) is 18.3 Å². The Balaban J connectivity index is 1.64. The molecule has 2 heterocycles. The summed E-state index contributed by atoms with van der Waals surface area (Å²) < 4.78 is 65.3. The number of nitrogens with zero attached hydrogens (tertiary/aromatic N) is 4. The van der Waals surface area contributed by atoms with Crippen LogP contribution < -0.4 is 0 Å². The highest BCUT2D eigenvalue weighted by Crippen LogP contribution is 2.32. The van der Waals surface area contributed by atoms with Crippen molar-refractivity contribution in [3.63, 3.8) is 0 Å². The van der Waals surface area contributed by atoms with Crippen molar-refractivity contribution in [2.45, 2.75) is 17.0 Å². The van der Waals surface area contributed by atoms with Crippen LogP contribution in [0.5, 0.6) is 0 Å². The molecule has 1 aliphatic heterocycles. The van der Waals surface area contributed by atoms with E-state index in [4.69, 9.17) is 17.0 Å². The molecule has 0 saturated heterocycles. The first-order valence-corrected chi connectivity index (χ1v) is 12.1. The van der Waals surface area contributed by atoms with Gasteiger partial charge in [-0.3, -0.25) is 10.4 Å². The van der Waals surface area contributed by atoms with Crippen molar-refractivity contribution in [1.29, 1.82) is 5.41 Å². The smallest absolute Gasteiger partial charge is 0.267 e. The fraction of sp³-hybridized carbons (Fsp3) is 0.174. The number of hydrogen-bond acceptors (Lipinski definition) is 5. The van der Waals surface area contributed by atoms with E-state index in [1.165, 1.54) is 5.01 Å². The summed E-state index contributed by atoms with van der Waals surface area (Å²) in [5.74, 6) is -0.768. The van der Waals surface area contributed by atoms with E-state index in [0.29, 0.717) is 27.2 Å². The van der Waals surface area contributed by atoms with Crippen molar-refractivity contribution in [1.82, 2.24) is 14.3 Å². The largest absolute Gasteiger partial charge is 0.416 e. The zero-order valence-electron chi connectivity index (χ0n) is 18.2. The number of sulfonamides is 1. The normalized spacial score (nSPS) is 16.2. The minimum Gasteiger partial charge on any atom is -0.267 e. The van der Waals surface area contributed by atoms with Gasteiger partial charge in [-0.15, -0.1) is 0 Å². The van der Waals surface area contributed by atoms with Gasteiger partial charge in [0.05, 0.1) is 22.7 Å². The van der Waals surface area contributed by atoms with Gasteiger partial charge in [0, 0.05) is 30.4 Å². The van der Waals surface area contributed by atoms with Gasteiger partial charge in [0.15, 0.2) is 0 Å². The van der Waals surface area contributed by atoms with Crippen LogP contribution in [0.4, 0.5) is 13.2 Å². The molecule has 1 atom stereocenters. The molecule has 0 saturated carbocycles. The van der Waals surface area contributed by atoms with Gasteiger partial charge < -0.3 is 0 Å². The van der Waals surface area contributed by atoms with E-state index >= 15 is 0 Å². The molecular formula is C23H19ClF3N5O2S. The number of guanidine groups is 1. The molecule has 0 radical (unpaired) electrons. The van der Waals surface area contributed by atoms with Gasteiger partial charge in [-0.05, 0) is 53.6 Å². The molecule has 0 bridgehead atoms. The summed E-state index contributed by atoms with van der Waals surface area (Å²) in [5, 5.41) is 14.8. The third-order valence-corrected chi connectivity index (χ3v) is 7.54. The first-order chi connectivity index (χ1) is 16.5. The van der Waals surface area contributed by atoms with Crippen molar-refractivity contribution >= 4 is 33.3 Å². The van der Waals surface area contributed by atoms with Crippen LogP contribution in [0.25, 0.3) is 0 Å². The Kier molecular flexibility index (Phi) is 6.56. The second-order valence-electron chi connectivity index (χ2n) is 7.73. The number of pyridine rings is 1. The molecular weight excluding hydrogens is 503 g/mol. The van der Waals surface area contributed by atoms with Crippen molar-refractivity contribution in [2.24, 2.45) is 5.10 Å². The predicted octanol–water partition coefficient (Wildman–Crippen LogP) is 4.81. The van der Waals surface area contributed by atoms with Crippen LogP contribution in [-0.2, 0) is 16.2 Å². The maximum absolute atomic E-state index is 13.0. The third kappa shape index (κ3) is 5.01. The van der Waals surface area contributed by atoms with Crippen molar-refractivity contribution in [2.75, 3.05) is 13.6 Å². The zero-order chi connectivity index (χ0) is 25.4. The summed E-state index contributed by atoms with van der Waals surface area (Å²) in [6, 6.07) is 13.7. The fourth-order valence-corrected chi connectivity index (χ4v) is 4.85. The SMILES string of the molecule is CN(C(=N)N1CC(c2cccnc2)C(c2ccc(Cl)cc2)=N1)S(=O)(=O)c1ccc(C(F)(F)F)cc1. The van der Waals surface area contributed by atoms with E-state index in [2.05, 4.69) is 10.1 Å². The highest BCUT2D eigenvalue weighted by molar-refractivity contribution is 7.89. The third-order valence-electron chi connectivity index (χ3n) is 5.52. The summed E-state index contributed by atoms with van der Waals surface area (Å²) in [5.41, 5.74) is 1.20. The lowest BCUT2D eigenvalue weighted by molar-refractivity contribution is -0.137. The lowest BCUT2D eigenvalue weighted by Gasteiger charge is -2.25. The maximum Gasteiger partial charge on any atom is 0.416 e. The fourth-order valence-electron chi connectivity index (χ4n) is 3.61. The molecule has 4 rings (SSSR count). The number of alkyl halides is 3. The van der Waals surface area contributed by atoms with Crippen molar-refractivity contribution < 1.29 is 21.6 Å². The highest BCUT2D eigenvalue weighted by Gasteiger charge is 2.36. The van der Waals surface area contributed by atoms with Gasteiger partial charge in [-0.1, -0.05) is 29.8 Å². The second kappa shape index (κ2) is 9.31. The summed E-state index contributed by atoms with van der Waals surface area (Å²) in [6.07, 6.45) is -1.29. The van der Waals surface area contributed by atoms with Crippen LogP contribution in [0.15, 0.2) is 83.1 Å². The summed E-state index contributed by atoms with van der Waals surface area (Å²) in [7, 11) is -3.15. The average Bonchev–Trinajstić information content (AvgIpc) is 3.29. The minimum atomic E-state index is -4.59. The Morgan fingerprint density at radius 1 is 1.11 bits per heavy atom. The first-order valence-electron chi connectivity index (χ1n) is 10.2. The van der Waals surface area contributed by atoms with E-state index in [0.717, 1.165) is 30.3 Å². The molecule has 35 heavy (non-hydrogen) atoms. The molecule has 0 fully saturated rings. The molecule has 3 aromatic rings. The lowest BCUT2D eigenvalue weighted by Crippen LogP contribution is -2.42. The number of halogens is 4. The molecule has 1 aromatic heterocycles. The number of nitrogens with one attached hydrogen (secondary N) is 1. The van der Waals surface area contributed by atoms with E-state index in [1.54, 1.807) is 42.7 Å². The number of benzene rings is 2. The number of aromatic nitrogens is 1. The van der Waals surface area contributed by atoms with E-state index < -0.39 is 27.7 Å². The number of rotatable bonds is 4. The Morgan fingerprint density at radius 3 is 2.34 bits per heavy atom. The van der Waals surface area contributed by atoms with Crippen LogP contribution in [0, 0.1) is 5.41 Å². The molecule has 0 spiro atoms. The summed E-state index contributed by atoms with van der Waals surface area (Å²) >= 11 is 6.01. The molecule has 1 N–H and O–H groups in total. The van der Waals surface area contributed by atoms with Crippen LogP contribution in [0.2, 0.25) is 5.02 Å². The molecule has 2 aromatic carbocycles. The average molecular weight is 522 g/mol. The van der Waals surface area contributed by atoms with Gasteiger partial charge in [0.2, 0.25) is 5.96 Å². The Bertz CT molecular complexity index is 1360. The quantitative estimate of drug-likeness (QED) is 0.394. The van der Waals surface area contributed by atoms with E-state index in [1.807, 2.05) is 6.07 Å². The molecule has 0 amide bonds. The highest BCUT2D eigenvalue weighted by atomic mass is 35.5. The molecule has 7 nitrogen and oxygen atoms in total. The maximum atomic E-state index is 13.0. The Hall–Kier alpha value is -3.44. The second-order valence-corrected chi connectivity index (χ2v) is 10.1. The summed E-state index contributed by atoms with van der Waals surface area (Å²) in [4.78, 5) is 3.77. The molecule has 1 aliphatic rings. The topological polar surface area (TPSA) is 89.7 Å². The molecule has 1 unspecified atom stereocenters. The Morgan fingerprint density at radius 2 is 1.77 bits per heavy atom. The predicted molar refractivity (Wildman–Crippen MR) is 126 cm³/mol.